The highest BCUT2D eigenvalue weighted by Crippen LogP contribution is 2.12. The van der Waals surface area contributed by atoms with E-state index in [1.807, 2.05) is 37.3 Å². The first-order valence-electron chi connectivity index (χ1n) is 4.25. The molecule has 4 N–H and O–H groups in total. The van der Waals surface area contributed by atoms with E-state index in [2.05, 4.69) is 5.73 Å². The number of aliphatic hydroxyl groups is 1. The zero-order valence-corrected chi connectivity index (χ0v) is 8.09. The Balaban J connectivity index is 0.000000500. The summed E-state index contributed by atoms with van der Waals surface area (Å²) in [6.45, 7) is 1.40. The monoisotopic (exact) mass is 197 g/mol. The molecular weight excluding hydrogens is 182 g/mol. The summed E-state index contributed by atoms with van der Waals surface area (Å²) in [5.41, 5.74) is 4.70. The zero-order valence-electron chi connectivity index (χ0n) is 8.09. The van der Waals surface area contributed by atoms with Crippen molar-refractivity contribution >= 4 is 6.47 Å². The third kappa shape index (κ3) is 4.59. The fourth-order valence-electron chi connectivity index (χ4n) is 0.979. The molecular formula is C10H15NO3. The van der Waals surface area contributed by atoms with Gasteiger partial charge in [-0.1, -0.05) is 30.3 Å². The molecule has 1 aromatic rings. The third-order valence-corrected chi connectivity index (χ3v) is 1.68. The molecule has 0 fully saturated rings. The smallest absolute Gasteiger partial charge is 0.130 e. The van der Waals surface area contributed by atoms with Crippen LogP contribution >= 0.6 is 0 Å². The van der Waals surface area contributed by atoms with Gasteiger partial charge in [-0.2, -0.15) is 0 Å². The van der Waals surface area contributed by atoms with Crippen LogP contribution in [0.3, 0.4) is 0 Å². The van der Waals surface area contributed by atoms with Crippen molar-refractivity contribution in [3.63, 3.8) is 0 Å². The van der Waals surface area contributed by atoms with E-state index in [9.17, 15) is 5.11 Å². The second kappa shape index (κ2) is 7.06. The normalized spacial score (nSPS) is 13.4. The minimum absolute atomic E-state index is 0.0393. The van der Waals surface area contributed by atoms with Gasteiger partial charge in [0.15, 0.2) is 0 Å². The van der Waals surface area contributed by atoms with Gasteiger partial charge in [0.05, 0.1) is 0 Å². The van der Waals surface area contributed by atoms with Crippen LogP contribution in [0.4, 0.5) is 0 Å². The first kappa shape index (κ1) is 12.6. The van der Waals surface area contributed by atoms with Crippen LogP contribution in [-0.4, -0.2) is 17.6 Å². The number of carboxylic acid groups (broad SMARTS) is 1. The number of hydrogen-bond donors (Lipinski definition) is 2. The van der Waals surface area contributed by atoms with Crippen LogP contribution in [-0.2, 0) is 4.79 Å². The Morgan fingerprint density at radius 1 is 1.43 bits per heavy atom. The van der Waals surface area contributed by atoms with E-state index in [0.717, 1.165) is 5.56 Å². The van der Waals surface area contributed by atoms with Gasteiger partial charge in [-0.15, -0.1) is 0 Å². The maximum absolute atomic E-state index is 9.54. The maximum atomic E-state index is 9.54. The number of aliphatic hydroxyl groups excluding tert-OH is 1. The lowest BCUT2D eigenvalue weighted by atomic mass is 10.0. The van der Waals surface area contributed by atoms with Gasteiger partial charge in [0.1, 0.15) is 12.1 Å². The molecule has 4 nitrogen and oxygen atoms in total. The number of hydrogen-bond acceptors (Lipinski definition) is 3. The van der Waals surface area contributed by atoms with Gasteiger partial charge in [-0.25, -0.2) is 0 Å². The van der Waals surface area contributed by atoms with Crippen molar-refractivity contribution in [1.29, 1.82) is 0 Å². The second-order valence-electron chi connectivity index (χ2n) is 2.93. The molecule has 4 heteroatoms. The van der Waals surface area contributed by atoms with Gasteiger partial charge in [0.25, 0.3) is 0 Å². The average molecular weight is 197 g/mol. The van der Waals surface area contributed by atoms with Crippen LogP contribution in [0.2, 0.25) is 0 Å². The third-order valence-electron chi connectivity index (χ3n) is 1.68. The Bertz CT molecular complexity index is 249. The zero-order chi connectivity index (χ0) is 11.0. The molecule has 14 heavy (non-hydrogen) atoms. The van der Waals surface area contributed by atoms with Crippen molar-refractivity contribution in [3.8, 4) is 0 Å². The van der Waals surface area contributed by atoms with E-state index in [4.69, 9.17) is 9.90 Å². The topological polar surface area (TPSA) is 88.0 Å². The minimum atomic E-state index is -0.500. The SMILES string of the molecule is CC([NH3+])C(O)c1ccccc1.O=C[O-]. The van der Waals surface area contributed by atoms with Crippen LogP contribution in [0.25, 0.3) is 0 Å². The van der Waals surface area contributed by atoms with Gasteiger partial charge < -0.3 is 20.7 Å². The number of carbonyl (C=O) groups excluding carboxylic acids is 1. The van der Waals surface area contributed by atoms with Gasteiger partial charge in [-0.3, -0.25) is 0 Å². The quantitative estimate of drug-likeness (QED) is 0.578. The fourth-order valence-corrected chi connectivity index (χ4v) is 0.979. The van der Waals surface area contributed by atoms with E-state index in [0.29, 0.717) is 0 Å². The van der Waals surface area contributed by atoms with Crippen molar-refractivity contribution < 1.29 is 20.7 Å². The van der Waals surface area contributed by atoms with Gasteiger partial charge in [0, 0.05) is 6.47 Å². The number of benzene rings is 1. The average Bonchev–Trinajstić information content (AvgIpc) is 2.19. The Hall–Kier alpha value is -1.39. The number of carbonyl (C=O) groups is 1. The van der Waals surface area contributed by atoms with Crippen LogP contribution in [0.5, 0.6) is 0 Å². The molecule has 2 atom stereocenters. The number of quaternary nitrogens is 1. The van der Waals surface area contributed by atoms with Crippen molar-refractivity contribution in [2.75, 3.05) is 0 Å². The summed E-state index contributed by atoms with van der Waals surface area (Å²) >= 11 is 0. The number of rotatable bonds is 2. The summed E-state index contributed by atoms with van der Waals surface area (Å²) in [5, 5.41) is 17.8. The second-order valence-corrected chi connectivity index (χ2v) is 2.93. The van der Waals surface area contributed by atoms with Crippen molar-refractivity contribution in [3.05, 3.63) is 35.9 Å². The summed E-state index contributed by atoms with van der Waals surface area (Å²) in [6, 6.07) is 9.63. The van der Waals surface area contributed by atoms with Crippen LogP contribution in [0.15, 0.2) is 30.3 Å². The molecule has 0 aliphatic heterocycles. The van der Waals surface area contributed by atoms with E-state index < -0.39 is 12.6 Å². The summed E-state index contributed by atoms with van der Waals surface area (Å²) < 4.78 is 0. The summed E-state index contributed by atoms with van der Waals surface area (Å²) in [6.07, 6.45) is -0.434. The van der Waals surface area contributed by atoms with Crippen LogP contribution in [0, 0.1) is 0 Å². The Morgan fingerprint density at radius 2 is 1.86 bits per heavy atom. The molecule has 1 rings (SSSR count). The lowest BCUT2D eigenvalue weighted by Crippen LogP contribution is -2.61. The molecule has 0 spiro atoms. The van der Waals surface area contributed by atoms with Gasteiger partial charge >= 0.3 is 0 Å². The Labute approximate surface area is 83.0 Å². The Morgan fingerprint density at radius 3 is 2.21 bits per heavy atom. The van der Waals surface area contributed by atoms with E-state index >= 15 is 0 Å². The van der Waals surface area contributed by atoms with Crippen LogP contribution < -0.4 is 10.8 Å². The van der Waals surface area contributed by atoms with E-state index in [-0.39, 0.29) is 6.04 Å². The molecule has 2 unspecified atom stereocenters. The van der Waals surface area contributed by atoms with E-state index in [1.165, 1.54) is 0 Å². The van der Waals surface area contributed by atoms with Crippen molar-refractivity contribution in [2.45, 2.75) is 19.1 Å². The molecule has 0 saturated heterocycles. The highest BCUT2D eigenvalue weighted by molar-refractivity contribution is 5.29. The maximum Gasteiger partial charge on any atom is 0.130 e. The summed E-state index contributed by atoms with van der Waals surface area (Å²) in [4.78, 5) is 8.25. The van der Waals surface area contributed by atoms with E-state index in [1.54, 1.807) is 0 Å². The Kier molecular flexibility index (Phi) is 6.36. The highest BCUT2D eigenvalue weighted by atomic mass is 16.3. The molecule has 78 valence electrons. The van der Waals surface area contributed by atoms with Gasteiger partial charge in [-0.05, 0) is 12.5 Å². The molecule has 0 amide bonds. The minimum Gasteiger partial charge on any atom is -0.554 e. The predicted octanol–water partition coefficient (Wildman–Crippen LogP) is -1.28. The lowest BCUT2D eigenvalue weighted by Gasteiger charge is -2.11. The first-order valence-corrected chi connectivity index (χ1v) is 4.25. The molecule has 0 saturated carbocycles. The molecule has 0 aromatic heterocycles. The van der Waals surface area contributed by atoms with Crippen molar-refractivity contribution in [2.24, 2.45) is 0 Å². The van der Waals surface area contributed by atoms with Crippen molar-refractivity contribution in [1.82, 2.24) is 0 Å². The lowest BCUT2D eigenvalue weighted by molar-refractivity contribution is -0.433. The fraction of sp³-hybridized carbons (Fsp3) is 0.300. The molecule has 0 aliphatic rings. The highest BCUT2D eigenvalue weighted by Gasteiger charge is 2.13. The standard InChI is InChI=1S/C9H13NO.CH2O2/c1-7(10)9(11)8-5-3-2-4-6-8;2-1-3/h2-7,9,11H,10H2,1H3;1H,(H,2,3). The molecule has 0 radical (unpaired) electrons. The largest absolute Gasteiger partial charge is 0.554 e. The first-order chi connectivity index (χ1) is 6.63. The van der Waals surface area contributed by atoms with Gasteiger partial charge in [0.2, 0.25) is 0 Å². The molecule has 1 aromatic carbocycles. The van der Waals surface area contributed by atoms with Crippen LogP contribution in [0.1, 0.15) is 18.6 Å². The predicted molar refractivity (Wildman–Crippen MR) is 49.8 cm³/mol. The summed E-state index contributed by atoms with van der Waals surface area (Å²) in [5.74, 6) is 0. The molecule has 0 bridgehead atoms. The summed E-state index contributed by atoms with van der Waals surface area (Å²) in [7, 11) is 0. The molecule has 0 heterocycles. The molecule has 0 aliphatic carbocycles.